The third kappa shape index (κ3) is 3.10. The Morgan fingerprint density at radius 2 is 1.68 bits per heavy atom. The molecule has 4 heterocycles. The summed E-state index contributed by atoms with van der Waals surface area (Å²) in [5.41, 5.74) is 2.94. The van der Waals surface area contributed by atoms with Crippen molar-refractivity contribution >= 4 is 34.3 Å². The van der Waals surface area contributed by atoms with Crippen molar-refractivity contribution < 1.29 is 19.1 Å². The van der Waals surface area contributed by atoms with E-state index >= 15 is 0 Å². The van der Waals surface area contributed by atoms with Crippen LogP contribution in [0.4, 0.5) is 5.69 Å². The van der Waals surface area contributed by atoms with Gasteiger partial charge in [0, 0.05) is 34.4 Å². The number of carbonyl (C=O) groups is 3. The van der Waals surface area contributed by atoms with Crippen LogP contribution in [0, 0.1) is 11.8 Å². The Bertz CT molecular complexity index is 1610. The number of amides is 3. The lowest BCUT2D eigenvalue weighted by molar-refractivity contribution is -0.143. The van der Waals surface area contributed by atoms with Gasteiger partial charge in [-0.15, -0.1) is 0 Å². The number of aromatic amines is 1. The summed E-state index contributed by atoms with van der Waals surface area (Å²) < 4.78 is 5.24. The second-order valence-electron chi connectivity index (χ2n) is 10.2. The molecule has 4 aromatic rings. The number of fused-ring (bicyclic) bond motifs is 5. The fourth-order valence-corrected chi connectivity index (χ4v) is 6.60. The topological polar surface area (TPSA) is 104 Å². The van der Waals surface area contributed by atoms with Crippen LogP contribution in [0.25, 0.3) is 10.9 Å². The molecule has 3 aliphatic rings. The number of benzene rings is 3. The largest absolute Gasteiger partial charge is 0.497 e. The third-order valence-electron chi connectivity index (χ3n) is 8.33. The second-order valence-corrected chi connectivity index (χ2v) is 10.2. The zero-order valence-corrected chi connectivity index (χ0v) is 20.7. The second kappa shape index (κ2) is 8.29. The van der Waals surface area contributed by atoms with Gasteiger partial charge in [0.2, 0.25) is 17.7 Å². The van der Waals surface area contributed by atoms with E-state index in [1.54, 1.807) is 7.11 Å². The molecule has 0 radical (unpaired) electrons. The Kier molecular flexibility index (Phi) is 4.96. The maximum absolute atomic E-state index is 14.1. The Morgan fingerprint density at radius 3 is 2.50 bits per heavy atom. The summed E-state index contributed by atoms with van der Waals surface area (Å²) in [5.74, 6) is -1.68. The lowest BCUT2D eigenvalue weighted by Crippen LogP contribution is -2.53. The van der Waals surface area contributed by atoms with E-state index in [1.165, 1.54) is 4.90 Å². The molecule has 3 aliphatic heterocycles. The van der Waals surface area contributed by atoms with E-state index < -0.39 is 23.4 Å². The number of likely N-dealkylation sites (tertiary alicyclic amines) is 1. The van der Waals surface area contributed by atoms with E-state index in [2.05, 4.69) is 15.6 Å². The predicted octanol–water partition coefficient (Wildman–Crippen LogP) is 3.34. The van der Waals surface area contributed by atoms with Crippen LogP contribution >= 0.6 is 0 Å². The highest BCUT2D eigenvalue weighted by Crippen LogP contribution is 2.53. The number of carbonyl (C=O) groups excluding carboxylic acids is 3. The van der Waals surface area contributed by atoms with Crippen LogP contribution in [0.15, 0.2) is 79.0 Å². The standard InChI is InChI=1S/C30H26N4O4/c1-38-19-12-10-17(11-13-19)16-34-27(35)25-24(14-18-15-31-22-8-4-2-6-20(18)22)33-30(26(25)28(34)36)21-7-3-5-9-23(21)32-29(30)37/h2-13,15,24-26,31,33H,14,16H2,1H3,(H,32,37)/t24-,25-,26-,30-/m0/s1. The molecule has 0 bridgehead atoms. The molecule has 8 nitrogen and oxygen atoms in total. The van der Waals surface area contributed by atoms with Gasteiger partial charge in [-0.25, -0.2) is 0 Å². The minimum absolute atomic E-state index is 0.147. The van der Waals surface area contributed by atoms with Crippen molar-refractivity contribution in [2.24, 2.45) is 11.8 Å². The number of hydrogen-bond acceptors (Lipinski definition) is 5. The number of nitrogens with one attached hydrogen (secondary N) is 3. The molecule has 3 N–H and O–H groups in total. The van der Waals surface area contributed by atoms with E-state index in [0.29, 0.717) is 23.4 Å². The number of para-hydroxylation sites is 2. The first-order chi connectivity index (χ1) is 18.5. The molecule has 38 heavy (non-hydrogen) atoms. The van der Waals surface area contributed by atoms with Crippen LogP contribution in [-0.4, -0.2) is 40.8 Å². The molecule has 0 saturated carbocycles. The van der Waals surface area contributed by atoms with Crippen LogP contribution in [0.5, 0.6) is 5.75 Å². The summed E-state index contributed by atoms with van der Waals surface area (Å²) in [5, 5.41) is 7.55. The number of anilines is 1. The molecule has 0 aliphatic carbocycles. The van der Waals surface area contributed by atoms with Crippen molar-refractivity contribution in [3.8, 4) is 5.75 Å². The number of methoxy groups -OCH3 is 1. The predicted molar refractivity (Wildman–Crippen MR) is 141 cm³/mol. The zero-order valence-electron chi connectivity index (χ0n) is 20.7. The van der Waals surface area contributed by atoms with Gasteiger partial charge in [0.25, 0.3) is 0 Å². The van der Waals surface area contributed by atoms with Crippen LogP contribution in [0.2, 0.25) is 0 Å². The minimum atomic E-state index is -1.31. The summed E-state index contributed by atoms with van der Waals surface area (Å²) >= 11 is 0. The molecule has 7 rings (SSSR count). The lowest BCUT2D eigenvalue weighted by atomic mass is 9.76. The maximum Gasteiger partial charge on any atom is 0.250 e. The Morgan fingerprint density at radius 1 is 0.921 bits per heavy atom. The zero-order chi connectivity index (χ0) is 26.0. The molecule has 1 aromatic heterocycles. The summed E-state index contributed by atoms with van der Waals surface area (Å²) in [6, 6.07) is 22.3. The number of hydrogen-bond donors (Lipinski definition) is 3. The first-order valence-electron chi connectivity index (χ1n) is 12.7. The summed E-state index contributed by atoms with van der Waals surface area (Å²) in [4.78, 5) is 46.3. The van der Waals surface area contributed by atoms with Gasteiger partial charge >= 0.3 is 0 Å². The van der Waals surface area contributed by atoms with Crippen LogP contribution < -0.4 is 15.4 Å². The van der Waals surface area contributed by atoms with Crippen LogP contribution in [-0.2, 0) is 32.9 Å². The van der Waals surface area contributed by atoms with E-state index in [-0.39, 0.29) is 24.3 Å². The van der Waals surface area contributed by atoms with Crippen molar-refractivity contribution in [3.05, 3.63) is 95.7 Å². The smallest absolute Gasteiger partial charge is 0.250 e. The maximum atomic E-state index is 14.1. The Labute approximate surface area is 219 Å². The normalized spacial score (nSPS) is 25.8. The summed E-state index contributed by atoms with van der Waals surface area (Å²) in [6.07, 6.45) is 2.45. The third-order valence-corrected chi connectivity index (χ3v) is 8.33. The van der Waals surface area contributed by atoms with Gasteiger partial charge in [0.15, 0.2) is 0 Å². The molecular formula is C30H26N4O4. The van der Waals surface area contributed by atoms with Crippen LogP contribution in [0.3, 0.4) is 0 Å². The van der Waals surface area contributed by atoms with Gasteiger partial charge in [-0.3, -0.25) is 24.6 Å². The van der Waals surface area contributed by atoms with Gasteiger partial charge in [-0.1, -0.05) is 48.5 Å². The molecule has 1 spiro atoms. The number of ether oxygens (including phenoxy) is 1. The Balaban J connectivity index is 1.31. The average Bonchev–Trinajstić information content (AvgIpc) is 3.65. The van der Waals surface area contributed by atoms with Gasteiger partial charge < -0.3 is 15.0 Å². The highest BCUT2D eigenvalue weighted by molar-refractivity contribution is 6.15. The molecule has 190 valence electrons. The van der Waals surface area contributed by atoms with Crippen molar-refractivity contribution in [2.75, 3.05) is 12.4 Å². The van der Waals surface area contributed by atoms with E-state index in [0.717, 1.165) is 22.0 Å². The molecule has 3 amide bonds. The number of imide groups is 1. The molecule has 2 saturated heterocycles. The van der Waals surface area contributed by atoms with Crippen molar-refractivity contribution in [2.45, 2.75) is 24.5 Å². The van der Waals surface area contributed by atoms with Crippen molar-refractivity contribution in [3.63, 3.8) is 0 Å². The highest BCUT2D eigenvalue weighted by atomic mass is 16.5. The van der Waals surface area contributed by atoms with Crippen LogP contribution in [0.1, 0.15) is 16.7 Å². The van der Waals surface area contributed by atoms with Gasteiger partial charge in [-0.2, -0.15) is 0 Å². The quantitative estimate of drug-likeness (QED) is 0.360. The molecular weight excluding hydrogens is 480 g/mol. The van der Waals surface area contributed by atoms with Crippen molar-refractivity contribution in [1.82, 2.24) is 15.2 Å². The first kappa shape index (κ1) is 22.7. The molecule has 2 fully saturated rings. The van der Waals surface area contributed by atoms with Gasteiger partial charge in [-0.05, 0) is 41.8 Å². The molecule has 0 unspecified atom stereocenters. The minimum Gasteiger partial charge on any atom is -0.497 e. The number of aromatic nitrogens is 1. The summed E-state index contributed by atoms with van der Waals surface area (Å²) in [6.45, 7) is 0.147. The van der Waals surface area contributed by atoms with E-state index in [9.17, 15) is 14.4 Å². The average molecular weight is 507 g/mol. The highest BCUT2D eigenvalue weighted by Gasteiger charge is 2.70. The fraction of sp³-hybridized carbons (Fsp3) is 0.233. The Hall–Kier alpha value is -4.43. The molecule has 8 heteroatoms. The van der Waals surface area contributed by atoms with Gasteiger partial charge in [0.05, 0.1) is 25.5 Å². The lowest BCUT2D eigenvalue weighted by Gasteiger charge is -2.29. The van der Waals surface area contributed by atoms with Crippen molar-refractivity contribution in [1.29, 1.82) is 0 Å². The number of H-pyrrole nitrogens is 1. The number of nitrogens with zero attached hydrogens (tertiary/aromatic N) is 1. The monoisotopic (exact) mass is 506 g/mol. The molecule has 3 aromatic carbocycles. The SMILES string of the molecule is COc1ccc(CN2C(=O)[C@H]3[C@H](Cc4c[nH]c5ccccc45)N[C@]4(C(=O)Nc5ccccc54)[C@@H]3C2=O)cc1. The van der Waals surface area contributed by atoms with E-state index in [1.807, 2.05) is 79.0 Å². The van der Waals surface area contributed by atoms with E-state index in [4.69, 9.17) is 4.74 Å². The van der Waals surface area contributed by atoms with Gasteiger partial charge in [0.1, 0.15) is 11.3 Å². The molecule has 4 atom stereocenters. The fourth-order valence-electron chi connectivity index (χ4n) is 6.60. The summed E-state index contributed by atoms with van der Waals surface area (Å²) in [7, 11) is 1.59. The number of rotatable bonds is 5. The first-order valence-corrected chi connectivity index (χ1v) is 12.7.